The molecule has 2 rings (SSSR count). The molecule has 74 valence electrons. The Labute approximate surface area is 84.3 Å². The van der Waals surface area contributed by atoms with Gasteiger partial charge in [-0.1, -0.05) is 24.6 Å². The molecule has 0 spiro atoms. The minimum Gasteiger partial charge on any atom is -0.326 e. The van der Waals surface area contributed by atoms with Gasteiger partial charge in [0.15, 0.2) is 0 Å². The Hall–Kier alpha value is -1.31. The van der Waals surface area contributed by atoms with Crippen molar-refractivity contribution < 1.29 is 4.79 Å². The van der Waals surface area contributed by atoms with E-state index in [2.05, 4.69) is 31.3 Å². The fourth-order valence-electron chi connectivity index (χ4n) is 2.03. The molecule has 1 aromatic rings. The zero-order valence-corrected chi connectivity index (χ0v) is 8.68. The molecule has 0 aromatic heterocycles. The Morgan fingerprint density at radius 2 is 2.14 bits per heavy atom. The van der Waals surface area contributed by atoms with Gasteiger partial charge in [-0.2, -0.15) is 0 Å². The van der Waals surface area contributed by atoms with Crippen LogP contribution in [0.3, 0.4) is 0 Å². The van der Waals surface area contributed by atoms with Crippen molar-refractivity contribution in [1.29, 1.82) is 0 Å². The number of anilines is 1. The normalized spacial score (nSPS) is 14.9. The van der Waals surface area contributed by atoms with E-state index < -0.39 is 0 Å². The van der Waals surface area contributed by atoms with Crippen LogP contribution in [0.1, 0.15) is 30.0 Å². The first-order valence-electron chi connectivity index (χ1n) is 5.13. The lowest BCUT2D eigenvalue weighted by Crippen LogP contribution is -2.20. The van der Waals surface area contributed by atoms with Crippen molar-refractivity contribution in [2.24, 2.45) is 0 Å². The zero-order chi connectivity index (χ0) is 10.1. The molecular weight excluding hydrogens is 174 g/mol. The van der Waals surface area contributed by atoms with Crippen molar-refractivity contribution in [3.63, 3.8) is 0 Å². The van der Waals surface area contributed by atoms with Gasteiger partial charge in [0.2, 0.25) is 5.91 Å². The third kappa shape index (κ3) is 1.52. The van der Waals surface area contributed by atoms with Crippen LogP contribution < -0.4 is 5.32 Å². The predicted octanol–water partition coefficient (Wildman–Crippen LogP) is 2.44. The maximum absolute atomic E-state index is 11.3. The van der Waals surface area contributed by atoms with E-state index in [1.54, 1.807) is 0 Å². The maximum atomic E-state index is 11.3. The molecule has 0 bridgehead atoms. The van der Waals surface area contributed by atoms with E-state index in [1.165, 1.54) is 16.7 Å². The SMILES string of the molecule is CCc1cc(C)cc2c1NC(=O)CC2. The molecule has 0 radical (unpaired) electrons. The van der Waals surface area contributed by atoms with Crippen LogP contribution in [0.2, 0.25) is 0 Å². The number of rotatable bonds is 1. The van der Waals surface area contributed by atoms with E-state index in [0.29, 0.717) is 6.42 Å². The highest BCUT2D eigenvalue weighted by Crippen LogP contribution is 2.28. The molecule has 0 fully saturated rings. The summed E-state index contributed by atoms with van der Waals surface area (Å²) >= 11 is 0. The van der Waals surface area contributed by atoms with Crippen molar-refractivity contribution in [1.82, 2.24) is 0 Å². The number of fused-ring (bicyclic) bond motifs is 1. The number of hydrogen-bond donors (Lipinski definition) is 1. The molecule has 2 heteroatoms. The standard InChI is InChI=1S/C12H15NO/c1-3-9-6-8(2)7-10-4-5-11(14)13-12(9)10/h6-7H,3-5H2,1-2H3,(H,13,14). The lowest BCUT2D eigenvalue weighted by Gasteiger charge is -2.20. The van der Waals surface area contributed by atoms with Gasteiger partial charge in [-0.05, 0) is 30.9 Å². The lowest BCUT2D eigenvalue weighted by atomic mass is 9.95. The molecular formula is C12H15NO. The zero-order valence-electron chi connectivity index (χ0n) is 8.68. The summed E-state index contributed by atoms with van der Waals surface area (Å²) in [6, 6.07) is 4.33. The fraction of sp³-hybridized carbons (Fsp3) is 0.417. The molecule has 0 atom stereocenters. The maximum Gasteiger partial charge on any atom is 0.224 e. The van der Waals surface area contributed by atoms with Crippen LogP contribution in [0.15, 0.2) is 12.1 Å². The molecule has 14 heavy (non-hydrogen) atoms. The van der Waals surface area contributed by atoms with Crippen molar-refractivity contribution in [2.45, 2.75) is 33.1 Å². The third-order valence-electron chi connectivity index (χ3n) is 2.71. The third-order valence-corrected chi connectivity index (χ3v) is 2.71. The molecule has 0 unspecified atom stereocenters. The number of carbonyl (C=O) groups is 1. The van der Waals surface area contributed by atoms with Gasteiger partial charge < -0.3 is 5.32 Å². The summed E-state index contributed by atoms with van der Waals surface area (Å²) in [7, 11) is 0. The Morgan fingerprint density at radius 1 is 1.36 bits per heavy atom. The van der Waals surface area contributed by atoms with Crippen molar-refractivity contribution in [3.05, 3.63) is 28.8 Å². The number of carbonyl (C=O) groups excluding carboxylic acids is 1. The van der Waals surface area contributed by atoms with E-state index in [9.17, 15) is 4.79 Å². The first-order chi connectivity index (χ1) is 6.70. The van der Waals surface area contributed by atoms with E-state index in [4.69, 9.17) is 0 Å². The highest BCUT2D eigenvalue weighted by Gasteiger charge is 2.17. The minimum absolute atomic E-state index is 0.149. The first kappa shape index (κ1) is 9.25. The van der Waals surface area contributed by atoms with Gasteiger partial charge in [-0.15, -0.1) is 0 Å². The largest absolute Gasteiger partial charge is 0.326 e. The summed E-state index contributed by atoms with van der Waals surface area (Å²) in [5.74, 6) is 0.149. The predicted molar refractivity (Wildman–Crippen MR) is 57.5 cm³/mol. The molecule has 0 saturated carbocycles. The highest BCUT2D eigenvalue weighted by molar-refractivity contribution is 5.94. The van der Waals surface area contributed by atoms with Crippen LogP contribution in [-0.2, 0) is 17.6 Å². The number of nitrogens with one attached hydrogen (secondary N) is 1. The van der Waals surface area contributed by atoms with Gasteiger partial charge in [0, 0.05) is 12.1 Å². The molecule has 1 amide bonds. The van der Waals surface area contributed by atoms with E-state index >= 15 is 0 Å². The van der Waals surface area contributed by atoms with Gasteiger partial charge in [0.25, 0.3) is 0 Å². The van der Waals surface area contributed by atoms with E-state index in [1.807, 2.05) is 0 Å². The fourth-order valence-corrected chi connectivity index (χ4v) is 2.03. The Morgan fingerprint density at radius 3 is 2.86 bits per heavy atom. The number of benzene rings is 1. The quantitative estimate of drug-likeness (QED) is 0.722. The van der Waals surface area contributed by atoms with E-state index in [-0.39, 0.29) is 5.91 Å². The molecule has 1 heterocycles. The molecule has 1 aliphatic heterocycles. The average Bonchev–Trinajstić information content (AvgIpc) is 2.17. The second-order valence-electron chi connectivity index (χ2n) is 3.86. The summed E-state index contributed by atoms with van der Waals surface area (Å²) in [4.78, 5) is 11.3. The van der Waals surface area contributed by atoms with Crippen LogP contribution in [-0.4, -0.2) is 5.91 Å². The number of amides is 1. The van der Waals surface area contributed by atoms with Gasteiger partial charge in [0.1, 0.15) is 0 Å². The highest BCUT2D eigenvalue weighted by atomic mass is 16.1. The summed E-state index contributed by atoms with van der Waals surface area (Å²) in [5, 5.41) is 2.97. The molecule has 1 aliphatic rings. The lowest BCUT2D eigenvalue weighted by molar-refractivity contribution is -0.116. The Kier molecular flexibility index (Phi) is 2.28. The van der Waals surface area contributed by atoms with Crippen LogP contribution in [0.4, 0.5) is 5.69 Å². The smallest absolute Gasteiger partial charge is 0.224 e. The minimum atomic E-state index is 0.149. The summed E-state index contributed by atoms with van der Waals surface area (Å²) in [6.07, 6.45) is 2.49. The van der Waals surface area contributed by atoms with Crippen LogP contribution in [0.25, 0.3) is 0 Å². The summed E-state index contributed by atoms with van der Waals surface area (Å²) in [6.45, 7) is 4.23. The Balaban J connectivity index is 2.52. The summed E-state index contributed by atoms with van der Waals surface area (Å²) < 4.78 is 0. The van der Waals surface area contributed by atoms with Crippen LogP contribution in [0.5, 0.6) is 0 Å². The second-order valence-corrected chi connectivity index (χ2v) is 3.86. The molecule has 2 nitrogen and oxygen atoms in total. The van der Waals surface area contributed by atoms with Gasteiger partial charge in [0.05, 0.1) is 0 Å². The van der Waals surface area contributed by atoms with Gasteiger partial charge >= 0.3 is 0 Å². The number of hydrogen-bond acceptors (Lipinski definition) is 1. The monoisotopic (exact) mass is 189 g/mol. The topological polar surface area (TPSA) is 29.1 Å². The van der Waals surface area contributed by atoms with Crippen molar-refractivity contribution >= 4 is 11.6 Å². The molecule has 1 aromatic carbocycles. The second kappa shape index (κ2) is 3.45. The van der Waals surface area contributed by atoms with Gasteiger partial charge in [-0.25, -0.2) is 0 Å². The van der Waals surface area contributed by atoms with Crippen LogP contribution >= 0.6 is 0 Å². The van der Waals surface area contributed by atoms with E-state index in [0.717, 1.165) is 18.5 Å². The first-order valence-corrected chi connectivity index (χ1v) is 5.13. The van der Waals surface area contributed by atoms with Gasteiger partial charge in [-0.3, -0.25) is 4.79 Å². The Bertz CT molecular complexity index is 365. The average molecular weight is 189 g/mol. The number of aryl methyl sites for hydroxylation is 3. The molecule has 0 saturated heterocycles. The molecule has 1 N–H and O–H groups in total. The molecule has 0 aliphatic carbocycles. The van der Waals surface area contributed by atoms with Crippen LogP contribution in [0, 0.1) is 6.92 Å². The van der Waals surface area contributed by atoms with Crippen molar-refractivity contribution in [2.75, 3.05) is 5.32 Å². The summed E-state index contributed by atoms with van der Waals surface area (Å²) in [5.41, 5.74) is 4.90. The van der Waals surface area contributed by atoms with Crippen molar-refractivity contribution in [3.8, 4) is 0 Å².